The van der Waals surface area contributed by atoms with Crippen molar-refractivity contribution in [3.05, 3.63) is 42.5 Å². The van der Waals surface area contributed by atoms with Crippen LogP contribution in [0.2, 0.25) is 0 Å². The number of rotatable bonds is 3. The quantitative estimate of drug-likeness (QED) is 0.677. The van der Waals surface area contributed by atoms with Gasteiger partial charge >= 0.3 is 6.09 Å². The largest absolute Gasteiger partial charge is 0.502 e. The van der Waals surface area contributed by atoms with Crippen molar-refractivity contribution >= 4 is 22.7 Å². The first-order chi connectivity index (χ1) is 11.1. The van der Waals surface area contributed by atoms with Crippen molar-refractivity contribution in [1.29, 1.82) is 0 Å². The van der Waals surface area contributed by atoms with E-state index in [0.29, 0.717) is 5.56 Å². The number of ether oxygens (including phenoxy) is 1. The second-order valence-corrected chi connectivity index (χ2v) is 4.83. The molecular formula is C17H15NO5. The van der Waals surface area contributed by atoms with Crippen molar-refractivity contribution in [2.75, 3.05) is 11.9 Å². The van der Waals surface area contributed by atoms with E-state index in [0.717, 1.165) is 10.8 Å². The third kappa shape index (κ3) is 2.66. The Balaban J connectivity index is 2.08. The van der Waals surface area contributed by atoms with Crippen LogP contribution in [-0.4, -0.2) is 22.9 Å². The predicted octanol–water partition coefficient (Wildman–Crippen LogP) is 4.08. The molecule has 3 N–H and O–H groups in total. The highest BCUT2D eigenvalue weighted by Crippen LogP contribution is 2.46. The Morgan fingerprint density at radius 1 is 1.13 bits per heavy atom. The van der Waals surface area contributed by atoms with E-state index < -0.39 is 17.6 Å². The molecule has 2 aromatic carbocycles. The van der Waals surface area contributed by atoms with Crippen LogP contribution in [0.25, 0.3) is 22.1 Å². The first-order valence-electron chi connectivity index (χ1n) is 7.08. The van der Waals surface area contributed by atoms with Crippen LogP contribution in [0.4, 0.5) is 10.7 Å². The highest BCUT2D eigenvalue weighted by molar-refractivity contribution is 5.98. The predicted molar refractivity (Wildman–Crippen MR) is 85.6 cm³/mol. The first kappa shape index (κ1) is 14.8. The molecule has 0 radical (unpaired) electrons. The van der Waals surface area contributed by atoms with Gasteiger partial charge < -0.3 is 19.4 Å². The molecule has 0 aliphatic heterocycles. The van der Waals surface area contributed by atoms with Crippen LogP contribution >= 0.6 is 0 Å². The second-order valence-electron chi connectivity index (χ2n) is 4.83. The lowest BCUT2D eigenvalue weighted by Crippen LogP contribution is -2.12. The van der Waals surface area contributed by atoms with E-state index in [9.17, 15) is 15.0 Å². The molecule has 0 aliphatic carbocycles. The molecule has 0 spiro atoms. The fraction of sp³-hybridized carbons (Fsp3) is 0.118. The van der Waals surface area contributed by atoms with Gasteiger partial charge in [0.15, 0.2) is 5.76 Å². The molecule has 0 saturated carbocycles. The summed E-state index contributed by atoms with van der Waals surface area (Å²) in [5.41, 5.74) is 0.604. The van der Waals surface area contributed by atoms with Gasteiger partial charge in [0.05, 0.1) is 6.61 Å². The number of fused-ring (bicyclic) bond motifs is 1. The van der Waals surface area contributed by atoms with Gasteiger partial charge in [-0.2, -0.15) is 0 Å². The molecule has 1 amide bonds. The Labute approximate surface area is 131 Å². The molecular weight excluding hydrogens is 298 g/mol. The average Bonchev–Trinajstić information content (AvgIpc) is 2.83. The standard InChI is InChI=1S/C17H15NO5/c1-2-22-17(21)18-16-14(20)13(19)15(23-16)12-9-5-7-10-6-3-4-8-11(10)12/h3-9,19-20H,2H2,1H3,(H,18,21). The Bertz CT molecular complexity index is 863. The number of hydrogen-bond acceptors (Lipinski definition) is 5. The van der Waals surface area contributed by atoms with Gasteiger partial charge in [-0.15, -0.1) is 0 Å². The van der Waals surface area contributed by atoms with Gasteiger partial charge in [-0.1, -0.05) is 42.5 Å². The van der Waals surface area contributed by atoms with Crippen molar-refractivity contribution in [2.45, 2.75) is 6.92 Å². The van der Waals surface area contributed by atoms with E-state index >= 15 is 0 Å². The molecule has 118 valence electrons. The molecule has 0 atom stereocenters. The second kappa shape index (κ2) is 5.92. The number of carbonyl (C=O) groups excluding carboxylic acids is 1. The summed E-state index contributed by atoms with van der Waals surface area (Å²) in [6.45, 7) is 1.83. The van der Waals surface area contributed by atoms with Gasteiger partial charge in [0, 0.05) is 5.56 Å². The number of amides is 1. The summed E-state index contributed by atoms with van der Waals surface area (Å²) in [5.74, 6) is -1.16. The van der Waals surface area contributed by atoms with E-state index in [1.54, 1.807) is 13.0 Å². The summed E-state index contributed by atoms with van der Waals surface area (Å²) < 4.78 is 10.2. The van der Waals surface area contributed by atoms with Crippen LogP contribution in [0, 0.1) is 0 Å². The van der Waals surface area contributed by atoms with Crippen LogP contribution in [0.1, 0.15) is 6.92 Å². The number of carbonyl (C=O) groups is 1. The van der Waals surface area contributed by atoms with Gasteiger partial charge in [0.1, 0.15) is 0 Å². The zero-order valence-corrected chi connectivity index (χ0v) is 12.4. The Morgan fingerprint density at radius 2 is 1.87 bits per heavy atom. The molecule has 1 aromatic heterocycles. The average molecular weight is 313 g/mol. The van der Waals surface area contributed by atoms with Crippen LogP contribution in [-0.2, 0) is 4.74 Å². The van der Waals surface area contributed by atoms with E-state index in [2.05, 4.69) is 5.32 Å². The number of anilines is 1. The Hall–Kier alpha value is -3.15. The van der Waals surface area contributed by atoms with E-state index in [-0.39, 0.29) is 18.3 Å². The lowest BCUT2D eigenvalue weighted by Gasteiger charge is -2.04. The van der Waals surface area contributed by atoms with Crippen molar-refractivity contribution in [3.63, 3.8) is 0 Å². The topological polar surface area (TPSA) is 91.9 Å². The summed E-state index contributed by atoms with van der Waals surface area (Å²) >= 11 is 0. The van der Waals surface area contributed by atoms with E-state index in [4.69, 9.17) is 9.15 Å². The SMILES string of the molecule is CCOC(=O)Nc1oc(-c2cccc3ccccc23)c(O)c1O. The van der Waals surface area contributed by atoms with E-state index in [1.807, 2.05) is 36.4 Å². The maximum Gasteiger partial charge on any atom is 0.414 e. The van der Waals surface area contributed by atoms with Crippen LogP contribution < -0.4 is 5.32 Å². The number of hydrogen-bond donors (Lipinski definition) is 3. The van der Waals surface area contributed by atoms with Crippen molar-refractivity contribution in [3.8, 4) is 22.8 Å². The van der Waals surface area contributed by atoms with E-state index in [1.165, 1.54) is 0 Å². The monoisotopic (exact) mass is 313 g/mol. The van der Waals surface area contributed by atoms with Crippen LogP contribution in [0.15, 0.2) is 46.9 Å². The maximum atomic E-state index is 11.4. The minimum absolute atomic E-state index is 0.0751. The summed E-state index contributed by atoms with van der Waals surface area (Å²) in [6.07, 6.45) is -0.777. The van der Waals surface area contributed by atoms with Crippen LogP contribution in [0.5, 0.6) is 11.5 Å². The number of aromatic hydroxyl groups is 2. The molecule has 0 unspecified atom stereocenters. The van der Waals surface area contributed by atoms with Crippen molar-refractivity contribution in [1.82, 2.24) is 0 Å². The molecule has 0 fully saturated rings. The highest BCUT2D eigenvalue weighted by Gasteiger charge is 2.23. The molecule has 0 bridgehead atoms. The van der Waals surface area contributed by atoms with Gasteiger partial charge in [-0.25, -0.2) is 4.79 Å². The molecule has 23 heavy (non-hydrogen) atoms. The van der Waals surface area contributed by atoms with Gasteiger partial charge in [0.25, 0.3) is 0 Å². The highest BCUT2D eigenvalue weighted by atomic mass is 16.6. The molecule has 3 aromatic rings. The Morgan fingerprint density at radius 3 is 2.65 bits per heavy atom. The fourth-order valence-corrected chi connectivity index (χ4v) is 2.36. The van der Waals surface area contributed by atoms with Gasteiger partial charge in [0.2, 0.25) is 17.4 Å². The zero-order valence-electron chi connectivity index (χ0n) is 12.4. The Kier molecular flexibility index (Phi) is 3.80. The fourth-order valence-electron chi connectivity index (χ4n) is 2.36. The van der Waals surface area contributed by atoms with Crippen LogP contribution in [0.3, 0.4) is 0 Å². The minimum Gasteiger partial charge on any atom is -0.502 e. The van der Waals surface area contributed by atoms with Crippen molar-refractivity contribution < 1.29 is 24.2 Å². The lowest BCUT2D eigenvalue weighted by molar-refractivity contribution is 0.167. The van der Waals surface area contributed by atoms with Gasteiger partial charge in [-0.3, -0.25) is 5.32 Å². The normalized spacial score (nSPS) is 10.7. The molecule has 6 nitrogen and oxygen atoms in total. The molecule has 0 saturated heterocycles. The number of benzene rings is 2. The summed E-state index contributed by atoms with van der Waals surface area (Å²) in [5, 5.41) is 24.2. The zero-order chi connectivity index (χ0) is 16.4. The number of nitrogens with one attached hydrogen (secondary N) is 1. The summed E-state index contributed by atoms with van der Waals surface area (Å²) in [6, 6.07) is 13.1. The van der Waals surface area contributed by atoms with Gasteiger partial charge in [-0.05, 0) is 17.7 Å². The third-order valence-corrected chi connectivity index (χ3v) is 3.38. The molecule has 3 rings (SSSR count). The van der Waals surface area contributed by atoms with Crippen molar-refractivity contribution in [2.24, 2.45) is 0 Å². The third-order valence-electron chi connectivity index (χ3n) is 3.38. The minimum atomic E-state index is -0.777. The molecule has 0 aliphatic rings. The molecule has 6 heteroatoms. The lowest BCUT2D eigenvalue weighted by atomic mass is 10.0. The summed E-state index contributed by atoms with van der Waals surface area (Å²) in [4.78, 5) is 11.4. The smallest absolute Gasteiger partial charge is 0.414 e. The first-order valence-corrected chi connectivity index (χ1v) is 7.08. The maximum absolute atomic E-state index is 11.4. The summed E-state index contributed by atoms with van der Waals surface area (Å²) in [7, 11) is 0. The number of furan rings is 1. The molecule has 1 heterocycles.